The van der Waals surface area contributed by atoms with E-state index in [1.54, 1.807) is 28.8 Å². The molecule has 4 aromatic rings. The van der Waals surface area contributed by atoms with E-state index in [4.69, 9.17) is 9.72 Å². The maximum Gasteiger partial charge on any atom is 0.258 e. The predicted octanol–water partition coefficient (Wildman–Crippen LogP) is 2.69. The summed E-state index contributed by atoms with van der Waals surface area (Å²) >= 11 is 1.48. The molecule has 0 radical (unpaired) electrons. The van der Waals surface area contributed by atoms with Gasteiger partial charge >= 0.3 is 0 Å². The molecular formula is C23H25N5O4S2. The average Bonchev–Trinajstić information content (AvgIpc) is 3.20. The van der Waals surface area contributed by atoms with Crippen molar-refractivity contribution >= 4 is 38.5 Å². The molecule has 1 aromatic carbocycles. The number of rotatable bonds is 6. The Morgan fingerprint density at radius 3 is 2.65 bits per heavy atom. The van der Waals surface area contributed by atoms with Crippen LogP contribution in [0.1, 0.15) is 18.2 Å². The Labute approximate surface area is 201 Å². The Bertz CT molecular complexity index is 1540. The van der Waals surface area contributed by atoms with Crippen molar-refractivity contribution in [3.05, 3.63) is 64.2 Å². The highest BCUT2D eigenvalue weighted by Crippen LogP contribution is 2.29. The molecule has 5 rings (SSSR count). The normalized spacial score (nSPS) is 15.4. The number of ether oxygens (including phenoxy) is 1. The van der Waals surface area contributed by atoms with Crippen molar-refractivity contribution < 1.29 is 13.2 Å². The number of imidazole rings is 1. The maximum atomic E-state index is 13.1. The zero-order chi connectivity index (χ0) is 23.9. The van der Waals surface area contributed by atoms with Crippen LogP contribution < -0.4 is 5.56 Å². The highest BCUT2D eigenvalue weighted by molar-refractivity contribution is 7.98. The van der Waals surface area contributed by atoms with E-state index in [9.17, 15) is 13.2 Å². The zero-order valence-corrected chi connectivity index (χ0v) is 20.6. The Morgan fingerprint density at radius 2 is 1.88 bits per heavy atom. The summed E-state index contributed by atoms with van der Waals surface area (Å²) < 4.78 is 36.4. The van der Waals surface area contributed by atoms with Gasteiger partial charge in [0.1, 0.15) is 5.65 Å². The Kier molecular flexibility index (Phi) is 6.19. The Hall–Kier alpha value is -2.73. The van der Waals surface area contributed by atoms with Crippen LogP contribution in [0.4, 0.5) is 0 Å². The maximum absolute atomic E-state index is 13.1. The van der Waals surface area contributed by atoms with Gasteiger partial charge < -0.3 is 9.30 Å². The topological polar surface area (TPSA) is 98.8 Å². The van der Waals surface area contributed by atoms with Crippen molar-refractivity contribution in [2.24, 2.45) is 0 Å². The fourth-order valence-corrected chi connectivity index (χ4v) is 6.47. The van der Waals surface area contributed by atoms with Crippen molar-refractivity contribution in [1.29, 1.82) is 0 Å². The highest BCUT2D eigenvalue weighted by atomic mass is 32.2. The third kappa shape index (κ3) is 4.24. The Morgan fingerprint density at radius 1 is 1.09 bits per heavy atom. The van der Waals surface area contributed by atoms with E-state index in [1.165, 1.54) is 16.1 Å². The van der Waals surface area contributed by atoms with E-state index in [0.717, 1.165) is 16.2 Å². The van der Waals surface area contributed by atoms with Crippen molar-refractivity contribution in [2.45, 2.75) is 36.2 Å². The molecule has 0 atom stereocenters. The number of nitrogens with zero attached hydrogens (tertiary/aromatic N) is 5. The number of pyridine rings is 1. The zero-order valence-electron chi connectivity index (χ0n) is 19.0. The first-order valence-corrected chi connectivity index (χ1v) is 13.5. The van der Waals surface area contributed by atoms with Crippen molar-refractivity contribution in [2.75, 3.05) is 26.3 Å². The van der Waals surface area contributed by atoms with E-state index in [2.05, 4.69) is 4.98 Å². The molecule has 1 aliphatic heterocycles. The number of hydrogen-bond donors (Lipinski definition) is 0. The number of hydrogen-bond acceptors (Lipinski definition) is 7. The first kappa shape index (κ1) is 23.0. The van der Waals surface area contributed by atoms with Crippen LogP contribution in [0.5, 0.6) is 0 Å². The molecule has 1 saturated heterocycles. The molecule has 1 aliphatic rings. The minimum atomic E-state index is -3.60. The number of fused-ring (bicyclic) bond motifs is 2. The van der Waals surface area contributed by atoms with Crippen molar-refractivity contribution in [1.82, 2.24) is 23.2 Å². The van der Waals surface area contributed by atoms with Gasteiger partial charge in [-0.3, -0.25) is 9.20 Å². The van der Waals surface area contributed by atoms with Gasteiger partial charge in [-0.05, 0) is 43.7 Å². The summed E-state index contributed by atoms with van der Waals surface area (Å²) in [5.74, 6) is 0.474. The van der Waals surface area contributed by atoms with Crippen LogP contribution in [0.2, 0.25) is 0 Å². The monoisotopic (exact) mass is 499 g/mol. The fraction of sp³-hybridized carbons (Fsp3) is 0.348. The smallest absolute Gasteiger partial charge is 0.258 e. The minimum absolute atomic E-state index is 0.119. The average molecular weight is 500 g/mol. The molecule has 11 heteroatoms. The van der Waals surface area contributed by atoms with Gasteiger partial charge in [0.2, 0.25) is 10.0 Å². The van der Waals surface area contributed by atoms with Gasteiger partial charge in [0.05, 0.1) is 34.8 Å². The van der Waals surface area contributed by atoms with Gasteiger partial charge in [0.25, 0.3) is 5.56 Å². The minimum Gasteiger partial charge on any atom is -0.379 e. The SMILES string of the molecule is CCn1c(SCc2cc(=O)n3cc(C)ccc3n2)nc2cc(S(=O)(=O)N3CCOCC3)ccc21. The molecule has 9 nitrogen and oxygen atoms in total. The standard InChI is InChI=1S/C23H25N5O4S2/c1-3-27-20-6-5-18(34(30,31)26-8-10-32-11-9-26)13-19(20)25-23(27)33-15-17-12-22(29)28-14-16(2)4-7-21(28)24-17/h4-7,12-14H,3,8-11,15H2,1-2H3. The molecule has 4 heterocycles. The summed E-state index contributed by atoms with van der Waals surface area (Å²) in [6.07, 6.45) is 1.78. The molecular weight excluding hydrogens is 474 g/mol. The lowest BCUT2D eigenvalue weighted by Gasteiger charge is -2.26. The van der Waals surface area contributed by atoms with E-state index >= 15 is 0 Å². The van der Waals surface area contributed by atoms with Crippen LogP contribution in [0, 0.1) is 6.92 Å². The molecule has 0 unspecified atom stereocenters. The summed E-state index contributed by atoms with van der Waals surface area (Å²) in [5.41, 5.74) is 3.64. The molecule has 0 aliphatic carbocycles. The number of benzene rings is 1. The van der Waals surface area contributed by atoms with Gasteiger partial charge in [-0.1, -0.05) is 17.8 Å². The van der Waals surface area contributed by atoms with Gasteiger partial charge in [-0.2, -0.15) is 4.31 Å². The van der Waals surface area contributed by atoms with Crippen LogP contribution in [-0.4, -0.2) is 58.0 Å². The van der Waals surface area contributed by atoms with Gasteiger partial charge in [-0.15, -0.1) is 0 Å². The molecule has 0 saturated carbocycles. The number of sulfonamides is 1. The lowest BCUT2D eigenvalue weighted by molar-refractivity contribution is 0.0730. The quantitative estimate of drug-likeness (QED) is 0.376. The van der Waals surface area contributed by atoms with Crippen LogP contribution in [0.3, 0.4) is 0 Å². The molecule has 178 valence electrons. The van der Waals surface area contributed by atoms with Crippen molar-refractivity contribution in [3.63, 3.8) is 0 Å². The third-order valence-corrected chi connectivity index (χ3v) is 8.72. The molecule has 0 bridgehead atoms. The molecule has 0 amide bonds. The van der Waals surface area contributed by atoms with Gasteiger partial charge in [0, 0.05) is 37.7 Å². The van der Waals surface area contributed by atoms with E-state index in [-0.39, 0.29) is 10.5 Å². The highest BCUT2D eigenvalue weighted by Gasteiger charge is 2.27. The second kappa shape index (κ2) is 9.14. The molecule has 34 heavy (non-hydrogen) atoms. The summed E-state index contributed by atoms with van der Waals surface area (Å²) in [7, 11) is -3.60. The number of morpholine rings is 1. The number of aromatic nitrogens is 4. The second-order valence-electron chi connectivity index (χ2n) is 8.11. The Balaban J connectivity index is 1.44. The van der Waals surface area contributed by atoms with Crippen LogP contribution in [-0.2, 0) is 27.1 Å². The lowest BCUT2D eigenvalue weighted by atomic mass is 10.3. The van der Waals surface area contributed by atoms with Crippen LogP contribution in [0.25, 0.3) is 16.7 Å². The summed E-state index contributed by atoms with van der Waals surface area (Å²) in [6.45, 7) is 6.14. The van der Waals surface area contributed by atoms with E-state index in [0.29, 0.717) is 55.5 Å². The summed E-state index contributed by atoms with van der Waals surface area (Å²) in [6, 6.07) is 10.4. The van der Waals surface area contributed by atoms with Gasteiger partial charge in [-0.25, -0.2) is 18.4 Å². The molecule has 3 aromatic heterocycles. The summed E-state index contributed by atoms with van der Waals surface area (Å²) in [5, 5.41) is 0.754. The lowest BCUT2D eigenvalue weighted by Crippen LogP contribution is -2.40. The van der Waals surface area contributed by atoms with Gasteiger partial charge in [0.15, 0.2) is 5.16 Å². The largest absolute Gasteiger partial charge is 0.379 e. The predicted molar refractivity (Wildman–Crippen MR) is 131 cm³/mol. The first-order chi connectivity index (χ1) is 16.4. The second-order valence-corrected chi connectivity index (χ2v) is 11.0. The van der Waals surface area contributed by atoms with E-state index in [1.807, 2.05) is 36.6 Å². The van der Waals surface area contributed by atoms with Crippen LogP contribution >= 0.6 is 11.8 Å². The number of thioether (sulfide) groups is 1. The first-order valence-electron chi connectivity index (χ1n) is 11.1. The third-order valence-electron chi connectivity index (χ3n) is 5.82. The summed E-state index contributed by atoms with van der Waals surface area (Å²) in [4.78, 5) is 22.1. The molecule has 1 fully saturated rings. The number of aryl methyl sites for hydroxylation is 2. The van der Waals surface area contributed by atoms with E-state index < -0.39 is 10.0 Å². The molecule has 0 N–H and O–H groups in total. The molecule has 0 spiro atoms. The fourth-order valence-electron chi connectivity index (χ4n) is 4.07. The van der Waals surface area contributed by atoms with Crippen LogP contribution in [0.15, 0.2) is 57.4 Å². The van der Waals surface area contributed by atoms with Crippen molar-refractivity contribution in [3.8, 4) is 0 Å².